The van der Waals surface area contributed by atoms with Crippen molar-refractivity contribution in [2.75, 3.05) is 12.3 Å². The number of anilines is 1. The molecule has 17 heavy (non-hydrogen) atoms. The lowest BCUT2D eigenvalue weighted by atomic mass is 10.1. The molecule has 4 heteroatoms. The molecule has 0 saturated carbocycles. The van der Waals surface area contributed by atoms with Gasteiger partial charge in [-0.05, 0) is 53.1 Å². The largest absolute Gasteiger partial charge is 0.462 e. The second-order valence-electron chi connectivity index (χ2n) is 4.22. The summed E-state index contributed by atoms with van der Waals surface area (Å²) in [6, 6.07) is 5.35. The van der Waals surface area contributed by atoms with Crippen molar-refractivity contribution in [3.8, 4) is 0 Å². The molecular weight excluding hydrogens is 329 g/mol. The van der Waals surface area contributed by atoms with Crippen molar-refractivity contribution in [3.63, 3.8) is 0 Å². The minimum atomic E-state index is -0.330. The average Bonchev–Trinajstić information content (AvgIpc) is 2.29. The number of halogens is 1. The number of rotatable bonds is 5. The van der Waals surface area contributed by atoms with Crippen LogP contribution >= 0.6 is 22.6 Å². The predicted octanol–water partition coefficient (Wildman–Crippen LogP) is 3.47. The first-order chi connectivity index (χ1) is 8.04. The van der Waals surface area contributed by atoms with Crippen molar-refractivity contribution >= 4 is 34.2 Å². The Hall–Kier alpha value is -0.780. The topological polar surface area (TPSA) is 52.3 Å². The number of nitrogen functional groups attached to an aromatic ring is 1. The van der Waals surface area contributed by atoms with E-state index in [-0.39, 0.29) is 5.97 Å². The Kier molecular flexibility index (Phi) is 5.74. The summed E-state index contributed by atoms with van der Waals surface area (Å²) >= 11 is 2.15. The highest BCUT2D eigenvalue weighted by Crippen LogP contribution is 2.17. The second kappa shape index (κ2) is 6.83. The molecule has 0 aliphatic heterocycles. The van der Waals surface area contributed by atoms with Crippen LogP contribution in [0.2, 0.25) is 0 Å². The molecule has 0 fully saturated rings. The molecule has 0 saturated heterocycles. The second-order valence-corrected chi connectivity index (χ2v) is 5.47. The van der Waals surface area contributed by atoms with Crippen LogP contribution in [0.25, 0.3) is 0 Å². The molecule has 0 heterocycles. The lowest BCUT2D eigenvalue weighted by molar-refractivity contribution is 0.0445. The Morgan fingerprint density at radius 1 is 1.53 bits per heavy atom. The SMILES string of the molecule is CCCC(C)COC(=O)c1cc(I)ccc1N. The van der Waals surface area contributed by atoms with Crippen molar-refractivity contribution in [2.24, 2.45) is 5.92 Å². The maximum Gasteiger partial charge on any atom is 0.340 e. The van der Waals surface area contributed by atoms with Gasteiger partial charge in [-0.3, -0.25) is 0 Å². The summed E-state index contributed by atoms with van der Waals surface area (Å²) in [6.07, 6.45) is 2.17. The molecule has 0 bridgehead atoms. The molecule has 2 N–H and O–H groups in total. The maximum atomic E-state index is 11.8. The number of esters is 1. The van der Waals surface area contributed by atoms with Crippen LogP contribution < -0.4 is 5.73 Å². The zero-order chi connectivity index (χ0) is 12.8. The summed E-state index contributed by atoms with van der Waals surface area (Å²) < 4.78 is 6.23. The van der Waals surface area contributed by atoms with E-state index >= 15 is 0 Å². The fourth-order valence-corrected chi connectivity index (χ4v) is 2.07. The molecule has 0 aromatic heterocycles. The first kappa shape index (κ1) is 14.3. The predicted molar refractivity (Wildman–Crippen MR) is 77.9 cm³/mol. The Balaban J connectivity index is 2.61. The number of ether oxygens (including phenoxy) is 1. The third kappa shape index (κ3) is 4.53. The summed E-state index contributed by atoms with van der Waals surface area (Å²) in [5.74, 6) is 0.0666. The van der Waals surface area contributed by atoms with Gasteiger partial charge in [-0.1, -0.05) is 20.3 Å². The van der Waals surface area contributed by atoms with Gasteiger partial charge in [0.2, 0.25) is 0 Å². The maximum absolute atomic E-state index is 11.8. The van der Waals surface area contributed by atoms with Crippen LogP contribution in [0.1, 0.15) is 37.0 Å². The van der Waals surface area contributed by atoms with E-state index in [4.69, 9.17) is 10.5 Å². The molecule has 94 valence electrons. The first-order valence-electron chi connectivity index (χ1n) is 5.76. The summed E-state index contributed by atoms with van der Waals surface area (Å²) in [5.41, 5.74) is 6.68. The van der Waals surface area contributed by atoms with E-state index in [2.05, 4.69) is 36.4 Å². The third-order valence-electron chi connectivity index (χ3n) is 2.52. The third-order valence-corrected chi connectivity index (χ3v) is 3.19. The molecule has 0 radical (unpaired) electrons. The Labute approximate surface area is 116 Å². The zero-order valence-corrected chi connectivity index (χ0v) is 12.4. The van der Waals surface area contributed by atoms with Crippen molar-refractivity contribution in [2.45, 2.75) is 26.7 Å². The summed E-state index contributed by atoms with van der Waals surface area (Å²) in [4.78, 5) is 11.8. The Bertz CT molecular complexity index is 393. The average molecular weight is 347 g/mol. The molecule has 1 rings (SSSR count). The van der Waals surface area contributed by atoms with Gasteiger partial charge in [-0.2, -0.15) is 0 Å². The van der Waals surface area contributed by atoms with E-state index in [1.807, 2.05) is 6.07 Å². The lowest BCUT2D eigenvalue weighted by Gasteiger charge is -2.11. The Morgan fingerprint density at radius 3 is 2.88 bits per heavy atom. The number of carbonyl (C=O) groups excluding carboxylic acids is 1. The lowest BCUT2D eigenvalue weighted by Crippen LogP contribution is -2.13. The molecule has 1 aromatic rings. The van der Waals surface area contributed by atoms with Crippen molar-refractivity contribution in [1.29, 1.82) is 0 Å². The number of benzene rings is 1. The summed E-state index contributed by atoms with van der Waals surface area (Å²) in [6.45, 7) is 4.66. The standard InChI is InChI=1S/C13H18INO2/c1-3-4-9(2)8-17-13(16)11-7-10(14)5-6-12(11)15/h5-7,9H,3-4,8,15H2,1-2H3. The van der Waals surface area contributed by atoms with E-state index in [9.17, 15) is 4.79 Å². The smallest absolute Gasteiger partial charge is 0.340 e. The monoisotopic (exact) mass is 347 g/mol. The zero-order valence-electron chi connectivity index (χ0n) is 10.2. The molecule has 1 unspecified atom stereocenters. The van der Waals surface area contributed by atoms with Gasteiger partial charge in [0.1, 0.15) is 0 Å². The number of hydrogen-bond acceptors (Lipinski definition) is 3. The first-order valence-corrected chi connectivity index (χ1v) is 6.84. The number of carbonyl (C=O) groups is 1. The quantitative estimate of drug-likeness (QED) is 0.504. The van der Waals surface area contributed by atoms with Crippen LogP contribution in [0.3, 0.4) is 0 Å². The van der Waals surface area contributed by atoms with Crippen LogP contribution in [-0.2, 0) is 4.74 Å². The van der Waals surface area contributed by atoms with Gasteiger partial charge >= 0.3 is 5.97 Å². The van der Waals surface area contributed by atoms with Crippen molar-refractivity contribution in [1.82, 2.24) is 0 Å². The van der Waals surface area contributed by atoms with Crippen LogP contribution in [0, 0.1) is 9.49 Å². The number of hydrogen-bond donors (Lipinski definition) is 1. The molecular formula is C13H18INO2. The van der Waals surface area contributed by atoms with Gasteiger partial charge < -0.3 is 10.5 Å². The van der Waals surface area contributed by atoms with Gasteiger partial charge in [0.15, 0.2) is 0 Å². The molecule has 0 aliphatic carbocycles. The minimum absolute atomic E-state index is 0.330. The van der Waals surface area contributed by atoms with Gasteiger partial charge in [0.05, 0.1) is 12.2 Å². The minimum Gasteiger partial charge on any atom is -0.462 e. The van der Waals surface area contributed by atoms with Gasteiger partial charge in [0, 0.05) is 9.26 Å². The van der Waals surface area contributed by atoms with Gasteiger partial charge in [-0.25, -0.2) is 4.79 Å². The molecule has 0 spiro atoms. The van der Waals surface area contributed by atoms with Crippen molar-refractivity contribution < 1.29 is 9.53 Å². The fraction of sp³-hybridized carbons (Fsp3) is 0.462. The van der Waals surface area contributed by atoms with Gasteiger partial charge in [0.25, 0.3) is 0 Å². The molecule has 3 nitrogen and oxygen atoms in total. The van der Waals surface area contributed by atoms with E-state index in [0.717, 1.165) is 16.4 Å². The van der Waals surface area contributed by atoms with Crippen LogP contribution in [0.5, 0.6) is 0 Å². The van der Waals surface area contributed by atoms with Crippen molar-refractivity contribution in [3.05, 3.63) is 27.3 Å². The van der Waals surface area contributed by atoms with Crippen LogP contribution in [0.4, 0.5) is 5.69 Å². The number of nitrogens with two attached hydrogens (primary N) is 1. The highest BCUT2D eigenvalue weighted by atomic mass is 127. The van der Waals surface area contributed by atoms with Crippen LogP contribution in [0.15, 0.2) is 18.2 Å². The van der Waals surface area contributed by atoms with E-state index in [1.165, 1.54) is 0 Å². The molecule has 0 amide bonds. The highest BCUT2D eigenvalue weighted by molar-refractivity contribution is 14.1. The van der Waals surface area contributed by atoms with Gasteiger partial charge in [-0.15, -0.1) is 0 Å². The summed E-state index contributed by atoms with van der Waals surface area (Å²) in [5, 5.41) is 0. The Morgan fingerprint density at radius 2 is 2.24 bits per heavy atom. The molecule has 1 aromatic carbocycles. The normalized spacial score (nSPS) is 12.2. The molecule has 1 atom stereocenters. The van der Waals surface area contributed by atoms with E-state index in [1.54, 1.807) is 12.1 Å². The van der Waals surface area contributed by atoms with E-state index < -0.39 is 0 Å². The fourth-order valence-electron chi connectivity index (χ4n) is 1.58. The van der Waals surface area contributed by atoms with Crippen LogP contribution in [-0.4, -0.2) is 12.6 Å². The summed E-state index contributed by atoms with van der Waals surface area (Å²) in [7, 11) is 0. The highest BCUT2D eigenvalue weighted by Gasteiger charge is 2.13. The molecule has 0 aliphatic rings. The van der Waals surface area contributed by atoms with E-state index in [0.29, 0.717) is 23.8 Å².